The van der Waals surface area contributed by atoms with Crippen molar-refractivity contribution in [2.24, 2.45) is 0 Å². The van der Waals surface area contributed by atoms with Gasteiger partial charge in [-0.3, -0.25) is 0 Å². The molecule has 3 heteroatoms. The normalized spacial score (nSPS) is 13.8. The van der Waals surface area contributed by atoms with Crippen LogP contribution in [-0.2, 0) is 15.9 Å². The summed E-state index contributed by atoms with van der Waals surface area (Å²) in [6.07, 6.45) is 6.93. The lowest BCUT2D eigenvalue weighted by Crippen LogP contribution is -2.21. The van der Waals surface area contributed by atoms with Crippen LogP contribution in [0.5, 0.6) is 0 Å². The summed E-state index contributed by atoms with van der Waals surface area (Å²) in [5.41, 5.74) is 1.37. The molecule has 0 heterocycles. The number of benzene rings is 1. The van der Waals surface area contributed by atoms with E-state index in [2.05, 4.69) is 30.8 Å². The van der Waals surface area contributed by atoms with Crippen molar-refractivity contribution in [2.45, 2.75) is 50.7 Å². The summed E-state index contributed by atoms with van der Waals surface area (Å²) >= 11 is 0. The highest BCUT2D eigenvalue weighted by molar-refractivity contribution is 5.14. The lowest BCUT2D eigenvalue weighted by atomic mass is 10.0. The van der Waals surface area contributed by atoms with Crippen molar-refractivity contribution in [1.82, 2.24) is 0 Å². The Morgan fingerprint density at radius 3 is 2.67 bits per heavy atom. The molecular formula is C18H28O3. The molecule has 1 rings (SSSR count). The first-order valence-electron chi connectivity index (χ1n) is 7.69. The Balaban J connectivity index is 2.26. The zero-order valence-corrected chi connectivity index (χ0v) is 13.0. The Kier molecular flexibility index (Phi) is 9.79. The van der Waals surface area contributed by atoms with Crippen LogP contribution in [0, 0.1) is 0 Å². The monoisotopic (exact) mass is 292 g/mol. The summed E-state index contributed by atoms with van der Waals surface area (Å²) < 4.78 is 10.6. The number of unbranched alkanes of at least 4 members (excludes halogenated alkanes) is 1. The largest absolute Gasteiger partial charge is 0.393 e. The van der Waals surface area contributed by atoms with Crippen molar-refractivity contribution >= 4 is 0 Å². The molecule has 1 aromatic rings. The van der Waals surface area contributed by atoms with Gasteiger partial charge in [-0.15, -0.1) is 6.58 Å². The molecule has 0 aliphatic rings. The minimum absolute atomic E-state index is 0.0515. The standard InChI is InChI=1S/C18H28O3/c1-3-9-17(19)14-18(21-15-20-2)13-8-7-12-16-10-5-4-6-11-16/h3-6,10-11,17-19H,1,7-9,12-15H2,2H3/t17-,18+/m0/s1. The molecule has 3 nitrogen and oxygen atoms in total. The van der Waals surface area contributed by atoms with Gasteiger partial charge in [0.1, 0.15) is 6.79 Å². The van der Waals surface area contributed by atoms with E-state index in [0.717, 1.165) is 25.7 Å². The third-order valence-electron chi connectivity index (χ3n) is 3.48. The predicted molar refractivity (Wildman–Crippen MR) is 86.2 cm³/mol. The van der Waals surface area contributed by atoms with Crippen LogP contribution >= 0.6 is 0 Å². The summed E-state index contributed by atoms with van der Waals surface area (Å²) in [5.74, 6) is 0. The van der Waals surface area contributed by atoms with E-state index in [4.69, 9.17) is 9.47 Å². The third kappa shape index (κ3) is 8.66. The van der Waals surface area contributed by atoms with E-state index in [9.17, 15) is 5.11 Å². The molecule has 0 aliphatic carbocycles. The number of methoxy groups -OCH3 is 1. The van der Waals surface area contributed by atoms with Gasteiger partial charge in [-0.2, -0.15) is 0 Å². The van der Waals surface area contributed by atoms with E-state index in [0.29, 0.717) is 12.8 Å². The van der Waals surface area contributed by atoms with Crippen LogP contribution in [0.2, 0.25) is 0 Å². The molecule has 0 spiro atoms. The zero-order valence-electron chi connectivity index (χ0n) is 13.0. The average Bonchev–Trinajstić information content (AvgIpc) is 2.50. The van der Waals surface area contributed by atoms with Gasteiger partial charge in [0, 0.05) is 7.11 Å². The van der Waals surface area contributed by atoms with Crippen LogP contribution in [0.1, 0.15) is 37.7 Å². The van der Waals surface area contributed by atoms with Gasteiger partial charge in [0.25, 0.3) is 0 Å². The molecular weight excluding hydrogens is 264 g/mol. The predicted octanol–water partition coefficient (Wildman–Crippen LogP) is 3.72. The fraction of sp³-hybridized carbons (Fsp3) is 0.556. The minimum atomic E-state index is -0.376. The Labute approximate surface area is 128 Å². The second-order valence-corrected chi connectivity index (χ2v) is 5.34. The van der Waals surface area contributed by atoms with Gasteiger partial charge in [0.15, 0.2) is 0 Å². The highest BCUT2D eigenvalue weighted by atomic mass is 16.7. The molecule has 21 heavy (non-hydrogen) atoms. The first-order chi connectivity index (χ1) is 10.3. The van der Waals surface area contributed by atoms with Crippen molar-refractivity contribution in [3.8, 4) is 0 Å². The van der Waals surface area contributed by atoms with Crippen molar-refractivity contribution in [1.29, 1.82) is 0 Å². The number of aliphatic hydroxyl groups is 1. The number of rotatable bonds is 12. The highest BCUT2D eigenvalue weighted by Crippen LogP contribution is 2.15. The van der Waals surface area contributed by atoms with Gasteiger partial charge in [-0.05, 0) is 37.7 Å². The zero-order chi connectivity index (χ0) is 15.3. The van der Waals surface area contributed by atoms with Gasteiger partial charge in [-0.25, -0.2) is 0 Å². The molecule has 0 bridgehead atoms. The SMILES string of the molecule is C=CC[C@H](O)C[C@@H](CCCCc1ccccc1)OCOC. The first-order valence-corrected chi connectivity index (χ1v) is 7.69. The topological polar surface area (TPSA) is 38.7 Å². The molecule has 0 saturated heterocycles. The Bertz CT molecular complexity index is 364. The molecule has 0 saturated carbocycles. The Morgan fingerprint density at radius 1 is 1.24 bits per heavy atom. The van der Waals surface area contributed by atoms with Crippen molar-refractivity contribution in [2.75, 3.05) is 13.9 Å². The summed E-state index contributed by atoms with van der Waals surface area (Å²) in [5, 5.41) is 9.86. The molecule has 0 amide bonds. The van der Waals surface area contributed by atoms with E-state index < -0.39 is 0 Å². The first kappa shape index (κ1) is 17.9. The maximum absolute atomic E-state index is 9.86. The second kappa shape index (κ2) is 11.5. The quantitative estimate of drug-likeness (QED) is 0.362. The van der Waals surface area contributed by atoms with Gasteiger partial charge >= 0.3 is 0 Å². The maximum Gasteiger partial charge on any atom is 0.146 e. The van der Waals surface area contributed by atoms with Crippen molar-refractivity contribution < 1.29 is 14.6 Å². The summed E-state index contributed by atoms with van der Waals surface area (Å²) in [4.78, 5) is 0. The van der Waals surface area contributed by atoms with Crippen LogP contribution in [0.4, 0.5) is 0 Å². The van der Waals surface area contributed by atoms with Crippen molar-refractivity contribution in [3.05, 3.63) is 48.6 Å². The number of ether oxygens (including phenoxy) is 2. The molecule has 118 valence electrons. The van der Waals surface area contributed by atoms with Gasteiger partial charge in [0.2, 0.25) is 0 Å². The van der Waals surface area contributed by atoms with Crippen LogP contribution in [0.15, 0.2) is 43.0 Å². The van der Waals surface area contributed by atoms with E-state index in [1.807, 2.05) is 6.07 Å². The average molecular weight is 292 g/mol. The van der Waals surface area contributed by atoms with Crippen LogP contribution in [0.3, 0.4) is 0 Å². The van der Waals surface area contributed by atoms with Crippen molar-refractivity contribution in [3.63, 3.8) is 0 Å². The van der Waals surface area contributed by atoms with E-state index in [1.54, 1.807) is 13.2 Å². The van der Waals surface area contributed by atoms with Crippen LogP contribution < -0.4 is 0 Å². The molecule has 1 aromatic carbocycles. The number of hydrogen-bond donors (Lipinski definition) is 1. The Hall–Kier alpha value is -1.16. The number of aliphatic hydroxyl groups excluding tert-OH is 1. The lowest BCUT2D eigenvalue weighted by molar-refractivity contribution is -0.0869. The molecule has 0 unspecified atom stereocenters. The summed E-state index contributed by atoms with van der Waals surface area (Å²) in [7, 11) is 1.62. The maximum atomic E-state index is 9.86. The van der Waals surface area contributed by atoms with Crippen LogP contribution in [-0.4, -0.2) is 31.2 Å². The molecule has 0 fully saturated rings. The lowest BCUT2D eigenvalue weighted by Gasteiger charge is -2.20. The van der Waals surface area contributed by atoms with Crippen LogP contribution in [0.25, 0.3) is 0 Å². The van der Waals surface area contributed by atoms with E-state index in [-0.39, 0.29) is 19.0 Å². The fourth-order valence-electron chi connectivity index (χ4n) is 2.37. The van der Waals surface area contributed by atoms with Gasteiger partial charge in [0.05, 0.1) is 12.2 Å². The molecule has 0 aliphatic heterocycles. The van der Waals surface area contributed by atoms with Gasteiger partial charge in [-0.1, -0.05) is 42.8 Å². The number of aryl methyl sites for hydroxylation is 1. The van der Waals surface area contributed by atoms with E-state index >= 15 is 0 Å². The molecule has 2 atom stereocenters. The fourth-order valence-corrected chi connectivity index (χ4v) is 2.37. The molecule has 0 radical (unpaired) electrons. The minimum Gasteiger partial charge on any atom is -0.393 e. The van der Waals surface area contributed by atoms with Gasteiger partial charge < -0.3 is 14.6 Å². The highest BCUT2D eigenvalue weighted by Gasteiger charge is 2.14. The third-order valence-corrected chi connectivity index (χ3v) is 3.48. The summed E-state index contributed by atoms with van der Waals surface area (Å²) in [6.45, 7) is 3.94. The Morgan fingerprint density at radius 2 is 2.00 bits per heavy atom. The summed E-state index contributed by atoms with van der Waals surface area (Å²) in [6, 6.07) is 10.5. The van der Waals surface area contributed by atoms with E-state index in [1.165, 1.54) is 5.56 Å². The second-order valence-electron chi connectivity index (χ2n) is 5.34. The smallest absolute Gasteiger partial charge is 0.146 e. The molecule has 1 N–H and O–H groups in total. The number of hydrogen-bond acceptors (Lipinski definition) is 3. The molecule has 0 aromatic heterocycles.